The standard InChI is InChI=1S/C16H23BrN2/c1-11-4-5-12(15(17)6-11)9-19-10-13-7-18-8-14(13)16(19,2)3/h4-6,13-14,18H,7-10H2,1-3H3. The van der Waals surface area contributed by atoms with Gasteiger partial charge in [0.05, 0.1) is 0 Å². The molecule has 0 saturated carbocycles. The Kier molecular flexibility index (Phi) is 3.48. The molecule has 2 fully saturated rings. The van der Waals surface area contributed by atoms with E-state index in [4.69, 9.17) is 0 Å². The van der Waals surface area contributed by atoms with E-state index in [1.54, 1.807) is 0 Å². The molecule has 0 bridgehead atoms. The van der Waals surface area contributed by atoms with Gasteiger partial charge in [-0.3, -0.25) is 4.90 Å². The molecule has 0 aliphatic carbocycles. The van der Waals surface area contributed by atoms with Crippen LogP contribution in [-0.2, 0) is 6.54 Å². The lowest BCUT2D eigenvalue weighted by Crippen LogP contribution is -2.43. The molecule has 19 heavy (non-hydrogen) atoms. The summed E-state index contributed by atoms with van der Waals surface area (Å²) in [5.74, 6) is 1.64. The average molecular weight is 323 g/mol. The van der Waals surface area contributed by atoms with Crippen molar-refractivity contribution < 1.29 is 0 Å². The molecule has 2 saturated heterocycles. The van der Waals surface area contributed by atoms with Gasteiger partial charge in [0.1, 0.15) is 0 Å². The second-order valence-corrected chi connectivity index (χ2v) is 7.51. The minimum Gasteiger partial charge on any atom is -0.316 e. The first-order valence-electron chi connectivity index (χ1n) is 7.19. The highest BCUT2D eigenvalue weighted by Gasteiger charge is 2.49. The highest BCUT2D eigenvalue weighted by Crippen LogP contribution is 2.41. The van der Waals surface area contributed by atoms with Crippen LogP contribution in [-0.4, -0.2) is 30.1 Å². The average Bonchev–Trinajstić information content (AvgIpc) is 2.87. The molecule has 3 heteroatoms. The van der Waals surface area contributed by atoms with E-state index in [2.05, 4.69) is 65.1 Å². The van der Waals surface area contributed by atoms with Crippen LogP contribution in [0.15, 0.2) is 22.7 Å². The van der Waals surface area contributed by atoms with Crippen molar-refractivity contribution in [1.29, 1.82) is 0 Å². The zero-order chi connectivity index (χ0) is 13.6. The van der Waals surface area contributed by atoms with Crippen molar-refractivity contribution in [1.82, 2.24) is 10.2 Å². The van der Waals surface area contributed by atoms with E-state index in [1.165, 1.54) is 35.2 Å². The minimum atomic E-state index is 0.304. The van der Waals surface area contributed by atoms with Crippen LogP contribution >= 0.6 is 15.9 Å². The summed E-state index contributed by atoms with van der Waals surface area (Å²) in [7, 11) is 0. The van der Waals surface area contributed by atoms with E-state index >= 15 is 0 Å². The lowest BCUT2D eigenvalue weighted by atomic mass is 9.85. The normalized spacial score (nSPS) is 29.7. The third kappa shape index (κ3) is 2.37. The first-order valence-corrected chi connectivity index (χ1v) is 7.98. The van der Waals surface area contributed by atoms with E-state index in [0.717, 1.165) is 18.4 Å². The number of hydrogen-bond acceptors (Lipinski definition) is 2. The Hall–Kier alpha value is -0.380. The Morgan fingerprint density at radius 3 is 2.84 bits per heavy atom. The molecule has 2 heterocycles. The molecule has 2 aliphatic heterocycles. The van der Waals surface area contributed by atoms with Gasteiger partial charge in [0.2, 0.25) is 0 Å². The Labute approximate surface area is 124 Å². The lowest BCUT2D eigenvalue weighted by molar-refractivity contribution is 0.132. The highest BCUT2D eigenvalue weighted by atomic mass is 79.9. The second-order valence-electron chi connectivity index (χ2n) is 6.65. The van der Waals surface area contributed by atoms with Crippen molar-refractivity contribution in [2.75, 3.05) is 19.6 Å². The second kappa shape index (κ2) is 4.87. The van der Waals surface area contributed by atoms with Crippen molar-refractivity contribution in [3.63, 3.8) is 0 Å². The van der Waals surface area contributed by atoms with Crippen LogP contribution in [0.3, 0.4) is 0 Å². The molecular formula is C16H23BrN2. The molecular weight excluding hydrogens is 300 g/mol. The van der Waals surface area contributed by atoms with Crippen LogP contribution in [0, 0.1) is 18.8 Å². The minimum absolute atomic E-state index is 0.304. The van der Waals surface area contributed by atoms with Gasteiger partial charge in [-0.05, 0) is 56.3 Å². The Morgan fingerprint density at radius 1 is 1.37 bits per heavy atom. The summed E-state index contributed by atoms with van der Waals surface area (Å²) < 4.78 is 1.25. The van der Waals surface area contributed by atoms with Gasteiger partial charge in [0, 0.05) is 29.6 Å². The Balaban J connectivity index is 1.80. The summed E-state index contributed by atoms with van der Waals surface area (Å²) >= 11 is 3.71. The van der Waals surface area contributed by atoms with Gasteiger partial charge in [-0.1, -0.05) is 28.1 Å². The molecule has 3 rings (SSSR count). The summed E-state index contributed by atoms with van der Waals surface area (Å²) in [6, 6.07) is 6.70. The number of benzene rings is 1. The summed E-state index contributed by atoms with van der Waals surface area (Å²) in [5, 5.41) is 3.55. The van der Waals surface area contributed by atoms with Gasteiger partial charge in [-0.2, -0.15) is 0 Å². The van der Waals surface area contributed by atoms with Gasteiger partial charge >= 0.3 is 0 Å². The van der Waals surface area contributed by atoms with E-state index in [0.29, 0.717) is 5.54 Å². The molecule has 1 aromatic rings. The third-order valence-electron chi connectivity index (χ3n) is 5.09. The Morgan fingerprint density at radius 2 is 2.16 bits per heavy atom. The van der Waals surface area contributed by atoms with E-state index < -0.39 is 0 Å². The number of rotatable bonds is 2. The number of halogens is 1. The maximum absolute atomic E-state index is 3.71. The van der Waals surface area contributed by atoms with Crippen LogP contribution in [0.4, 0.5) is 0 Å². The molecule has 0 amide bonds. The number of nitrogens with one attached hydrogen (secondary N) is 1. The fourth-order valence-corrected chi connectivity index (χ4v) is 4.38. The molecule has 2 nitrogen and oxygen atoms in total. The fraction of sp³-hybridized carbons (Fsp3) is 0.625. The zero-order valence-electron chi connectivity index (χ0n) is 12.0. The topological polar surface area (TPSA) is 15.3 Å². The molecule has 1 aromatic carbocycles. The number of hydrogen-bond donors (Lipinski definition) is 1. The van der Waals surface area contributed by atoms with Crippen molar-refractivity contribution in [2.24, 2.45) is 11.8 Å². The number of nitrogens with zero attached hydrogens (tertiary/aromatic N) is 1. The maximum atomic E-state index is 3.71. The zero-order valence-corrected chi connectivity index (χ0v) is 13.6. The van der Waals surface area contributed by atoms with Gasteiger partial charge < -0.3 is 5.32 Å². The number of fused-ring (bicyclic) bond motifs is 1. The molecule has 104 valence electrons. The summed E-state index contributed by atoms with van der Waals surface area (Å²) in [6.07, 6.45) is 0. The molecule has 2 atom stereocenters. The first kappa shape index (κ1) is 13.6. The van der Waals surface area contributed by atoms with Gasteiger partial charge in [-0.25, -0.2) is 0 Å². The predicted molar refractivity (Wildman–Crippen MR) is 83.2 cm³/mol. The smallest absolute Gasteiger partial charge is 0.0250 e. The number of aryl methyl sites for hydroxylation is 1. The quantitative estimate of drug-likeness (QED) is 0.899. The van der Waals surface area contributed by atoms with Crippen molar-refractivity contribution in [3.05, 3.63) is 33.8 Å². The van der Waals surface area contributed by atoms with Crippen LogP contribution in [0.2, 0.25) is 0 Å². The molecule has 0 spiro atoms. The van der Waals surface area contributed by atoms with E-state index in [9.17, 15) is 0 Å². The van der Waals surface area contributed by atoms with Crippen LogP contribution in [0.5, 0.6) is 0 Å². The van der Waals surface area contributed by atoms with E-state index in [1.807, 2.05) is 0 Å². The predicted octanol–water partition coefficient (Wildman–Crippen LogP) is 3.19. The van der Waals surface area contributed by atoms with E-state index in [-0.39, 0.29) is 0 Å². The van der Waals surface area contributed by atoms with Gasteiger partial charge in [0.25, 0.3) is 0 Å². The fourth-order valence-electron chi connectivity index (χ4n) is 3.76. The van der Waals surface area contributed by atoms with Crippen LogP contribution in [0.1, 0.15) is 25.0 Å². The van der Waals surface area contributed by atoms with Crippen molar-refractivity contribution in [3.8, 4) is 0 Å². The van der Waals surface area contributed by atoms with Crippen molar-refractivity contribution in [2.45, 2.75) is 32.9 Å². The largest absolute Gasteiger partial charge is 0.316 e. The summed E-state index contributed by atoms with van der Waals surface area (Å²) in [5.41, 5.74) is 3.03. The van der Waals surface area contributed by atoms with Crippen LogP contribution in [0.25, 0.3) is 0 Å². The number of likely N-dealkylation sites (tertiary alicyclic amines) is 1. The van der Waals surface area contributed by atoms with Crippen molar-refractivity contribution >= 4 is 15.9 Å². The van der Waals surface area contributed by atoms with Gasteiger partial charge in [0.15, 0.2) is 0 Å². The monoisotopic (exact) mass is 322 g/mol. The lowest BCUT2D eigenvalue weighted by Gasteiger charge is -2.36. The molecule has 0 radical (unpaired) electrons. The third-order valence-corrected chi connectivity index (χ3v) is 5.83. The first-order chi connectivity index (χ1) is 8.98. The molecule has 2 unspecified atom stereocenters. The molecule has 2 aliphatic rings. The summed E-state index contributed by atoms with van der Waals surface area (Å²) in [4.78, 5) is 2.67. The molecule has 1 N–H and O–H groups in total. The maximum Gasteiger partial charge on any atom is 0.0250 e. The summed E-state index contributed by atoms with van der Waals surface area (Å²) in [6.45, 7) is 11.6. The SMILES string of the molecule is Cc1ccc(CN2CC3CNCC3C2(C)C)c(Br)c1. The highest BCUT2D eigenvalue weighted by molar-refractivity contribution is 9.10. The molecule has 0 aromatic heterocycles. The van der Waals surface area contributed by atoms with Crippen LogP contribution < -0.4 is 5.32 Å². The Bertz CT molecular complexity index is 484. The van der Waals surface area contributed by atoms with Gasteiger partial charge in [-0.15, -0.1) is 0 Å².